The van der Waals surface area contributed by atoms with E-state index in [9.17, 15) is 0 Å². The van der Waals surface area contributed by atoms with Gasteiger partial charge >= 0.3 is 0 Å². The first-order valence-corrected chi connectivity index (χ1v) is 7.50. The predicted molar refractivity (Wildman–Crippen MR) is 77.4 cm³/mol. The molecule has 0 aromatic carbocycles. The molecule has 0 aromatic rings. The molecule has 106 valence electrons. The van der Waals surface area contributed by atoms with Crippen LogP contribution in [-0.4, -0.2) is 20.0 Å². The Morgan fingerprint density at radius 3 is 1.94 bits per heavy atom. The van der Waals surface area contributed by atoms with Gasteiger partial charge in [0.05, 0.1) is 0 Å². The summed E-state index contributed by atoms with van der Waals surface area (Å²) < 4.78 is 10.7. The van der Waals surface area contributed by atoms with Gasteiger partial charge in [0, 0.05) is 19.6 Å². The van der Waals surface area contributed by atoms with E-state index in [-0.39, 0.29) is 0 Å². The van der Waals surface area contributed by atoms with Crippen LogP contribution in [-0.2, 0) is 9.47 Å². The first-order chi connectivity index (χ1) is 8.91. The molecule has 0 spiro atoms. The van der Waals surface area contributed by atoms with Crippen LogP contribution < -0.4 is 0 Å². The van der Waals surface area contributed by atoms with E-state index in [1.54, 1.807) is 0 Å². The van der Waals surface area contributed by atoms with Crippen molar-refractivity contribution in [1.29, 1.82) is 0 Å². The molecule has 0 radical (unpaired) electrons. The molecule has 0 N–H and O–H groups in total. The van der Waals surface area contributed by atoms with Crippen molar-refractivity contribution in [2.75, 3.05) is 20.0 Å². The Bertz CT molecular complexity index is 184. The maximum atomic E-state index is 5.40. The number of unbranched alkanes of at least 4 members (excludes halogenated alkanes) is 8. The van der Waals surface area contributed by atoms with E-state index in [0.717, 1.165) is 32.5 Å². The molecular weight excluding hydrogens is 224 g/mol. The summed E-state index contributed by atoms with van der Waals surface area (Å²) in [4.78, 5) is 0. The Labute approximate surface area is 113 Å². The zero-order chi connectivity index (χ0) is 13.3. The number of terminal acetylenes is 1. The van der Waals surface area contributed by atoms with E-state index in [2.05, 4.69) is 12.8 Å². The van der Waals surface area contributed by atoms with Crippen LogP contribution in [0.1, 0.15) is 71.1 Å². The molecule has 0 saturated heterocycles. The normalized spacial score (nSPS) is 10.4. The quantitative estimate of drug-likeness (QED) is 0.257. The van der Waals surface area contributed by atoms with Gasteiger partial charge in [0.15, 0.2) is 0 Å². The van der Waals surface area contributed by atoms with Gasteiger partial charge in [-0.3, -0.25) is 0 Å². The summed E-state index contributed by atoms with van der Waals surface area (Å²) in [5.74, 6) is 2.68. The highest BCUT2D eigenvalue weighted by molar-refractivity contribution is 4.82. The van der Waals surface area contributed by atoms with Crippen molar-refractivity contribution in [2.24, 2.45) is 0 Å². The Morgan fingerprint density at radius 1 is 0.778 bits per heavy atom. The van der Waals surface area contributed by atoms with Crippen LogP contribution in [0.15, 0.2) is 0 Å². The summed E-state index contributed by atoms with van der Waals surface area (Å²) in [6, 6.07) is 0. The fourth-order valence-electron chi connectivity index (χ4n) is 1.74. The number of hydrogen-bond acceptors (Lipinski definition) is 2. The summed E-state index contributed by atoms with van der Waals surface area (Å²) in [5, 5.41) is 0. The largest absolute Gasteiger partial charge is 0.355 e. The zero-order valence-electron chi connectivity index (χ0n) is 12.1. The van der Waals surface area contributed by atoms with Gasteiger partial charge in [-0.25, -0.2) is 0 Å². The average Bonchev–Trinajstić information content (AvgIpc) is 2.39. The Hall–Kier alpha value is -0.520. The lowest BCUT2D eigenvalue weighted by Crippen LogP contribution is -2.02. The molecule has 0 aromatic heterocycles. The molecule has 18 heavy (non-hydrogen) atoms. The SMILES string of the molecule is C#CCCCCCCCCCOCOCCCC. The highest BCUT2D eigenvalue weighted by atomic mass is 16.7. The minimum atomic E-state index is 0.464. The van der Waals surface area contributed by atoms with Gasteiger partial charge < -0.3 is 9.47 Å². The van der Waals surface area contributed by atoms with Crippen LogP contribution in [0.25, 0.3) is 0 Å². The molecule has 0 aliphatic carbocycles. The Kier molecular flexibility index (Phi) is 16.0. The van der Waals surface area contributed by atoms with Crippen molar-refractivity contribution in [1.82, 2.24) is 0 Å². The third-order valence-electron chi connectivity index (χ3n) is 2.92. The molecule has 0 amide bonds. The topological polar surface area (TPSA) is 18.5 Å². The van der Waals surface area contributed by atoms with Crippen LogP contribution in [0.2, 0.25) is 0 Å². The molecule has 0 heterocycles. The van der Waals surface area contributed by atoms with Crippen molar-refractivity contribution in [3.05, 3.63) is 0 Å². The summed E-state index contributed by atoms with van der Waals surface area (Å²) in [6.45, 7) is 4.29. The van der Waals surface area contributed by atoms with Gasteiger partial charge in [-0.2, -0.15) is 0 Å². The van der Waals surface area contributed by atoms with Crippen molar-refractivity contribution in [3.8, 4) is 12.3 Å². The fourth-order valence-corrected chi connectivity index (χ4v) is 1.74. The second-order valence-corrected chi connectivity index (χ2v) is 4.72. The Morgan fingerprint density at radius 2 is 1.33 bits per heavy atom. The predicted octanol–water partition coefficient (Wildman–Crippen LogP) is 4.53. The molecule has 0 fully saturated rings. The lowest BCUT2D eigenvalue weighted by molar-refractivity contribution is -0.0553. The first-order valence-electron chi connectivity index (χ1n) is 7.50. The number of rotatable bonds is 14. The van der Waals surface area contributed by atoms with Crippen LogP contribution >= 0.6 is 0 Å². The molecule has 0 rings (SSSR count). The van der Waals surface area contributed by atoms with Gasteiger partial charge in [-0.15, -0.1) is 12.3 Å². The minimum absolute atomic E-state index is 0.464. The highest BCUT2D eigenvalue weighted by Gasteiger charge is 1.92. The van der Waals surface area contributed by atoms with Crippen molar-refractivity contribution < 1.29 is 9.47 Å². The molecular formula is C16H30O2. The van der Waals surface area contributed by atoms with Gasteiger partial charge in [0.2, 0.25) is 0 Å². The highest BCUT2D eigenvalue weighted by Crippen LogP contribution is 2.08. The van der Waals surface area contributed by atoms with Crippen molar-refractivity contribution in [2.45, 2.75) is 71.1 Å². The van der Waals surface area contributed by atoms with Gasteiger partial charge in [-0.1, -0.05) is 45.4 Å². The summed E-state index contributed by atoms with van der Waals surface area (Å²) in [7, 11) is 0. The maximum absolute atomic E-state index is 5.40. The fraction of sp³-hybridized carbons (Fsp3) is 0.875. The molecule has 0 unspecified atom stereocenters. The van der Waals surface area contributed by atoms with Gasteiger partial charge in [0.25, 0.3) is 0 Å². The molecule has 0 atom stereocenters. The lowest BCUT2D eigenvalue weighted by atomic mass is 10.1. The number of ether oxygens (including phenoxy) is 2. The molecule has 2 heteroatoms. The van der Waals surface area contributed by atoms with E-state index < -0.39 is 0 Å². The second kappa shape index (κ2) is 16.5. The van der Waals surface area contributed by atoms with Crippen LogP contribution in [0.5, 0.6) is 0 Å². The maximum Gasteiger partial charge on any atom is 0.146 e. The third-order valence-corrected chi connectivity index (χ3v) is 2.92. The van der Waals surface area contributed by atoms with E-state index in [1.165, 1.54) is 44.9 Å². The third kappa shape index (κ3) is 15.5. The monoisotopic (exact) mass is 254 g/mol. The van der Waals surface area contributed by atoms with Crippen LogP contribution in [0.3, 0.4) is 0 Å². The van der Waals surface area contributed by atoms with Crippen molar-refractivity contribution in [3.63, 3.8) is 0 Å². The van der Waals surface area contributed by atoms with Gasteiger partial charge in [-0.05, 0) is 19.3 Å². The zero-order valence-corrected chi connectivity index (χ0v) is 12.1. The van der Waals surface area contributed by atoms with Gasteiger partial charge in [0.1, 0.15) is 6.79 Å². The smallest absolute Gasteiger partial charge is 0.146 e. The van der Waals surface area contributed by atoms with Crippen LogP contribution in [0.4, 0.5) is 0 Å². The standard InChI is InChI=1S/C16H30O2/c1-3-5-7-8-9-10-11-12-13-15-18-16-17-14-6-4-2/h1H,4-16H2,2H3. The summed E-state index contributed by atoms with van der Waals surface area (Å²) in [5.41, 5.74) is 0. The lowest BCUT2D eigenvalue weighted by Gasteiger charge is -2.05. The minimum Gasteiger partial charge on any atom is -0.355 e. The van der Waals surface area contributed by atoms with E-state index >= 15 is 0 Å². The van der Waals surface area contributed by atoms with E-state index in [0.29, 0.717) is 6.79 Å². The molecule has 0 saturated carbocycles. The summed E-state index contributed by atoms with van der Waals surface area (Å²) >= 11 is 0. The summed E-state index contributed by atoms with van der Waals surface area (Å²) in [6.07, 6.45) is 17.3. The molecule has 2 nitrogen and oxygen atoms in total. The van der Waals surface area contributed by atoms with Crippen LogP contribution in [0, 0.1) is 12.3 Å². The average molecular weight is 254 g/mol. The molecule has 0 aliphatic heterocycles. The Balaban J connectivity index is 2.89. The number of hydrogen-bond donors (Lipinski definition) is 0. The first kappa shape index (κ1) is 17.5. The van der Waals surface area contributed by atoms with Crippen molar-refractivity contribution >= 4 is 0 Å². The molecule has 0 bridgehead atoms. The second-order valence-electron chi connectivity index (χ2n) is 4.72. The van der Waals surface area contributed by atoms with E-state index in [1.807, 2.05) is 0 Å². The van der Waals surface area contributed by atoms with E-state index in [4.69, 9.17) is 15.9 Å². The molecule has 0 aliphatic rings.